The average Bonchev–Trinajstić information content (AvgIpc) is 2.94. The van der Waals surface area contributed by atoms with Crippen molar-refractivity contribution < 1.29 is 13.2 Å². The third kappa shape index (κ3) is 6.53. The second-order valence-electron chi connectivity index (χ2n) is 11.4. The van der Waals surface area contributed by atoms with Gasteiger partial charge in [0.25, 0.3) is 0 Å². The van der Waals surface area contributed by atoms with Gasteiger partial charge in [-0.1, -0.05) is 132 Å². The van der Waals surface area contributed by atoms with Gasteiger partial charge in [0, 0.05) is 5.56 Å². The normalized spacial score (nSPS) is 12.2. The summed E-state index contributed by atoms with van der Waals surface area (Å²) in [6.45, 7) is 13.6. The van der Waals surface area contributed by atoms with Crippen LogP contribution in [0.5, 0.6) is 0 Å². The highest BCUT2D eigenvalue weighted by molar-refractivity contribution is 7.80. The van der Waals surface area contributed by atoms with Crippen molar-refractivity contribution in [1.29, 1.82) is 0 Å². The number of hydrogen-bond acceptors (Lipinski definition) is 0. The smallest absolute Gasteiger partial charge is 0.166 e. The third-order valence-corrected chi connectivity index (χ3v) is 16.9. The van der Waals surface area contributed by atoms with Crippen LogP contribution in [-0.2, 0) is 6.18 Å². The second kappa shape index (κ2) is 12.8. The van der Waals surface area contributed by atoms with Gasteiger partial charge in [0.05, 0.1) is 5.56 Å². The van der Waals surface area contributed by atoms with Crippen LogP contribution in [0.2, 0.25) is 16.6 Å². The first-order valence-electron chi connectivity index (χ1n) is 14.2. The summed E-state index contributed by atoms with van der Waals surface area (Å²) >= 11 is 0. The van der Waals surface area contributed by atoms with E-state index in [1.165, 1.54) is 12.1 Å². The molecule has 41 heavy (non-hydrogen) atoms. The lowest BCUT2D eigenvalue weighted by Crippen LogP contribution is -2.43. The minimum absolute atomic E-state index is 0.454. The zero-order chi connectivity index (χ0) is 29.8. The Kier molecular flexibility index (Phi) is 9.63. The molecule has 0 bridgehead atoms. The van der Waals surface area contributed by atoms with Gasteiger partial charge in [0.15, 0.2) is 0 Å². The molecule has 0 aromatic heterocycles. The first kappa shape index (κ1) is 30.8. The summed E-state index contributed by atoms with van der Waals surface area (Å²) in [5, 5.41) is 3.06. The fourth-order valence-electron chi connectivity index (χ4n) is 6.14. The van der Waals surface area contributed by atoms with Crippen molar-refractivity contribution in [2.24, 2.45) is 0 Å². The van der Waals surface area contributed by atoms with E-state index in [1.54, 1.807) is 6.07 Å². The molecule has 0 amide bonds. The average molecular weight is 587 g/mol. The molecule has 0 atom stereocenters. The van der Waals surface area contributed by atoms with Crippen LogP contribution >= 0.6 is 7.92 Å². The highest BCUT2D eigenvalue weighted by Gasteiger charge is 2.41. The van der Waals surface area contributed by atoms with Gasteiger partial charge in [-0.2, -0.15) is 13.2 Å². The van der Waals surface area contributed by atoms with E-state index in [4.69, 9.17) is 0 Å². The third-order valence-electron chi connectivity index (χ3n) is 8.09. The Bertz CT molecular complexity index is 1450. The highest BCUT2D eigenvalue weighted by atomic mass is 31.1. The van der Waals surface area contributed by atoms with Gasteiger partial charge in [0.2, 0.25) is 0 Å². The van der Waals surface area contributed by atoms with E-state index in [0.717, 1.165) is 27.0 Å². The van der Waals surface area contributed by atoms with Gasteiger partial charge in [-0.15, -0.1) is 5.54 Å². The van der Waals surface area contributed by atoms with E-state index in [1.807, 2.05) is 60.7 Å². The Morgan fingerprint density at radius 1 is 0.610 bits per heavy atom. The van der Waals surface area contributed by atoms with Gasteiger partial charge >= 0.3 is 6.18 Å². The molecule has 0 fully saturated rings. The summed E-state index contributed by atoms with van der Waals surface area (Å²) in [7, 11) is -3.17. The van der Waals surface area contributed by atoms with Crippen LogP contribution in [0, 0.1) is 11.5 Å². The minimum atomic E-state index is -4.45. The monoisotopic (exact) mass is 586 g/mol. The van der Waals surface area contributed by atoms with E-state index < -0.39 is 27.7 Å². The summed E-state index contributed by atoms with van der Waals surface area (Å²) in [6.07, 6.45) is -4.45. The van der Waals surface area contributed by atoms with E-state index in [-0.39, 0.29) is 0 Å². The number of benzene rings is 4. The molecule has 0 aliphatic carbocycles. The van der Waals surface area contributed by atoms with Gasteiger partial charge in [-0.25, -0.2) is 0 Å². The molecule has 0 aliphatic rings. The topological polar surface area (TPSA) is 0 Å². The summed E-state index contributed by atoms with van der Waals surface area (Å²) in [6, 6.07) is 32.1. The fraction of sp³-hybridized carbons (Fsp3) is 0.278. The van der Waals surface area contributed by atoms with Crippen molar-refractivity contribution in [2.75, 3.05) is 0 Å². The molecule has 212 valence electrons. The van der Waals surface area contributed by atoms with Crippen molar-refractivity contribution in [3.05, 3.63) is 114 Å². The highest BCUT2D eigenvalue weighted by Crippen LogP contribution is 2.42. The van der Waals surface area contributed by atoms with Crippen LogP contribution in [0.25, 0.3) is 11.1 Å². The summed E-state index contributed by atoms with van der Waals surface area (Å²) < 4.78 is 42.3. The molecule has 4 rings (SSSR count). The molecule has 4 aromatic carbocycles. The lowest BCUT2D eigenvalue weighted by atomic mass is 9.98. The van der Waals surface area contributed by atoms with Crippen molar-refractivity contribution in [3.63, 3.8) is 0 Å². The standard InChI is InChI=1S/C36H38F3PSi/c1-26(2)41(27(3)4,28(5)6)24-23-29-15-13-14-20-33(29)34-25-30(36(37,38)39)21-22-35(34)40(31-16-9-7-10-17-31)32-18-11-8-12-19-32/h7-22,25-28H,1-6H3. The summed E-state index contributed by atoms with van der Waals surface area (Å²) in [5.74, 6) is 3.54. The van der Waals surface area contributed by atoms with E-state index in [2.05, 4.69) is 77.3 Å². The maximum absolute atomic E-state index is 14.1. The molecule has 0 unspecified atom stereocenters. The molecular formula is C36H38F3PSi. The quantitative estimate of drug-likeness (QED) is 0.115. The van der Waals surface area contributed by atoms with E-state index in [0.29, 0.717) is 22.2 Å². The van der Waals surface area contributed by atoms with Gasteiger partial charge in [-0.3, -0.25) is 0 Å². The van der Waals surface area contributed by atoms with Crippen LogP contribution in [0.1, 0.15) is 52.7 Å². The molecular weight excluding hydrogens is 548 g/mol. The Morgan fingerprint density at radius 2 is 1.10 bits per heavy atom. The summed E-state index contributed by atoms with van der Waals surface area (Å²) in [4.78, 5) is 0. The molecule has 0 saturated heterocycles. The van der Waals surface area contributed by atoms with Gasteiger partial charge in [-0.05, 0) is 69.8 Å². The van der Waals surface area contributed by atoms with Gasteiger partial charge < -0.3 is 0 Å². The first-order valence-corrected chi connectivity index (χ1v) is 17.8. The largest absolute Gasteiger partial charge is 0.416 e. The molecule has 4 aromatic rings. The molecule has 0 N–H and O–H groups in total. The predicted molar refractivity (Wildman–Crippen MR) is 174 cm³/mol. The predicted octanol–water partition coefficient (Wildman–Crippen LogP) is 9.70. The van der Waals surface area contributed by atoms with E-state index >= 15 is 0 Å². The van der Waals surface area contributed by atoms with Gasteiger partial charge in [0.1, 0.15) is 8.07 Å². The molecule has 0 heterocycles. The number of halogens is 3. The number of rotatable bonds is 7. The summed E-state index contributed by atoms with van der Waals surface area (Å²) in [5.41, 5.74) is 6.62. The fourth-order valence-corrected chi connectivity index (χ4v) is 13.8. The van der Waals surface area contributed by atoms with E-state index in [9.17, 15) is 13.2 Å². The van der Waals surface area contributed by atoms with Crippen LogP contribution in [0.3, 0.4) is 0 Å². The Morgan fingerprint density at radius 3 is 1.59 bits per heavy atom. The Balaban J connectivity index is 2.02. The Labute approximate surface area is 245 Å². The molecule has 0 saturated carbocycles. The molecule has 0 aliphatic heterocycles. The lowest BCUT2D eigenvalue weighted by Gasteiger charge is -2.38. The van der Waals surface area contributed by atoms with Crippen molar-refractivity contribution in [2.45, 2.75) is 64.3 Å². The first-order chi connectivity index (χ1) is 19.5. The van der Waals surface area contributed by atoms with Crippen molar-refractivity contribution in [3.8, 4) is 22.6 Å². The molecule has 5 heteroatoms. The minimum Gasteiger partial charge on any atom is -0.166 e. The Hall–Kier alpha value is -3.12. The lowest BCUT2D eigenvalue weighted by molar-refractivity contribution is -0.137. The van der Waals surface area contributed by atoms with Crippen molar-refractivity contribution in [1.82, 2.24) is 0 Å². The van der Waals surface area contributed by atoms with Crippen LogP contribution in [-0.4, -0.2) is 8.07 Å². The molecule has 0 nitrogen and oxygen atoms in total. The maximum atomic E-state index is 14.1. The van der Waals surface area contributed by atoms with Crippen molar-refractivity contribution >= 4 is 31.9 Å². The molecule has 0 radical (unpaired) electrons. The van der Waals surface area contributed by atoms with Crippen LogP contribution in [0.15, 0.2) is 103 Å². The second-order valence-corrected chi connectivity index (χ2v) is 19.2. The van der Waals surface area contributed by atoms with Crippen LogP contribution in [0.4, 0.5) is 13.2 Å². The zero-order valence-electron chi connectivity index (χ0n) is 24.6. The maximum Gasteiger partial charge on any atom is 0.416 e. The molecule has 0 spiro atoms. The number of alkyl halides is 3. The zero-order valence-corrected chi connectivity index (χ0v) is 26.5. The van der Waals surface area contributed by atoms with Crippen LogP contribution < -0.4 is 15.9 Å². The SMILES string of the molecule is CC(C)[Si](C#Cc1ccccc1-c1cc(C(F)(F)F)ccc1P(c1ccccc1)c1ccccc1)(C(C)C)C(C)C. The number of hydrogen-bond donors (Lipinski definition) is 0.